The molecule has 0 saturated heterocycles. The molecule has 0 spiro atoms. The molecule has 1 unspecified atom stereocenters. The smallest absolute Gasteiger partial charge is 0.332 e. The number of rotatable bonds is 5. The van der Waals surface area contributed by atoms with Gasteiger partial charge in [0.1, 0.15) is 0 Å². The lowest BCUT2D eigenvalue weighted by molar-refractivity contribution is -0.137. The van der Waals surface area contributed by atoms with Gasteiger partial charge in [0.25, 0.3) is 5.89 Å². The van der Waals surface area contributed by atoms with Crippen LogP contribution in [0.1, 0.15) is 18.3 Å². The van der Waals surface area contributed by atoms with Gasteiger partial charge in [0.2, 0.25) is 0 Å². The van der Waals surface area contributed by atoms with E-state index >= 15 is 0 Å². The number of alkyl halides is 3. The number of hydrogen-bond acceptors (Lipinski definition) is 5. The highest BCUT2D eigenvalue weighted by molar-refractivity contribution is 5.85. The van der Waals surface area contributed by atoms with Crippen molar-refractivity contribution in [2.24, 2.45) is 0 Å². The van der Waals surface area contributed by atoms with Gasteiger partial charge in [-0.1, -0.05) is 11.2 Å². The maximum Gasteiger partial charge on any atom is 0.416 e. The number of nitrogens with one attached hydrogen (secondary N) is 1. The maximum atomic E-state index is 12.8. The zero-order valence-corrected chi connectivity index (χ0v) is 14.8. The van der Waals surface area contributed by atoms with Gasteiger partial charge in [-0.25, -0.2) is 4.68 Å². The van der Waals surface area contributed by atoms with Gasteiger partial charge in [-0.3, -0.25) is 0 Å². The minimum Gasteiger partial charge on any atom is -0.332 e. The van der Waals surface area contributed by atoms with Crippen molar-refractivity contribution in [2.45, 2.75) is 25.6 Å². The van der Waals surface area contributed by atoms with Gasteiger partial charge in [-0.2, -0.15) is 23.3 Å². The molecule has 3 aromatic rings. The lowest BCUT2D eigenvalue weighted by atomic mass is 10.2. The normalized spacial score (nSPS) is 12.7. The molecule has 0 aliphatic heterocycles. The van der Waals surface area contributed by atoms with E-state index in [0.717, 1.165) is 12.1 Å². The van der Waals surface area contributed by atoms with Crippen LogP contribution in [0.5, 0.6) is 0 Å². The highest BCUT2D eigenvalue weighted by Gasteiger charge is 2.30. The lowest BCUT2D eigenvalue weighted by Crippen LogP contribution is -2.24. The van der Waals surface area contributed by atoms with Crippen LogP contribution in [0.3, 0.4) is 0 Å². The van der Waals surface area contributed by atoms with Gasteiger partial charge in [0.15, 0.2) is 11.5 Å². The fourth-order valence-corrected chi connectivity index (χ4v) is 2.22. The molecule has 2 aromatic heterocycles. The summed E-state index contributed by atoms with van der Waals surface area (Å²) in [6.45, 7) is 1.98. The first-order chi connectivity index (χ1) is 11.9. The second kappa shape index (κ2) is 7.88. The Morgan fingerprint density at radius 1 is 1.27 bits per heavy atom. The average molecular weight is 388 g/mol. The van der Waals surface area contributed by atoms with Crippen LogP contribution in [0.2, 0.25) is 0 Å². The predicted octanol–water partition coefficient (Wildman–Crippen LogP) is 3.51. The first-order valence-electron chi connectivity index (χ1n) is 7.60. The van der Waals surface area contributed by atoms with E-state index in [4.69, 9.17) is 4.52 Å². The van der Waals surface area contributed by atoms with E-state index in [-0.39, 0.29) is 24.3 Å². The van der Waals surface area contributed by atoms with Gasteiger partial charge < -0.3 is 9.84 Å². The summed E-state index contributed by atoms with van der Waals surface area (Å²) in [5.74, 6) is 0.759. The zero-order chi connectivity index (χ0) is 18.0. The van der Waals surface area contributed by atoms with E-state index in [1.54, 1.807) is 18.3 Å². The third-order valence-electron chi connectivity index (χ3n) is 3.70. The summed E-state index contributed by atoms with van der Waals surface area (Å²) in [4.78, 5) is 4.26. The largest absolute Gasteiger partial charge is 0.416 e. The minimum atomic E-state index is -4.41. The number of aromatic nitrogens is 4. The number of hydrogen-bond donors (Lipinski definition) is 1. The van der Waals surface area contributed by atoms with Crippen molar-refractivity contribution in [3.05, 3.63) is 47.9 Å². The highest BCUT2D eigenvalue weighted by Crippen LogP contribution is 2.30. The SMILES string of the molecule is CNC(C)Cc1noc(-c2ccn(-c3cccc(C(F)(F)F)c3)n2)n1.Cl. The molecule has 26 heavy (non-hydrogen) atoms. The minimum absolute atomic E-state index is 0. The Labute approximate surface area is 153 Å². The molecule has 0 amide bonds. The number of benzene rings is 1. The molecule has 140 valence electrons. The van der Waals surface area contributed by atoms with E-state index in [9.17, 15) is 13.2 Å². The van der Waals surface area contributed by atoms with E-state index in [2.05, 4.69) is 20.6 Å². The van der Waals surface area contributed by atoms with Crippen LogP contribution in [0.4, 0.5) is 13.2 Å². The Kier molecular flexibility index (Phi) is 6.04. The summed E-state index contributed by atoms with van der Waals surface area (Å²) in [5, 5.41) is 11.2. The van der Waals surface area contributed by atoms with Crippen molar-refractivity contribution < 1.29 is 17.7 Å². The summed E-state index contributed by atoms with van der Waals surface area (Å²) in [5.41, 5.74) is -0.0407. The molecule has 1 atom stereocenters. The number of halogens is 4. The molecular formula is C16H17ClF3N5O. The summed E-state index contributed by atoms with van der Waals surface area (Å²) >= 11 is 0. The average Bonchev–Trinajstić information content (AvgIpc) is 3.23. The third kappa shape index (κ3) is 4.41. The molecule has 6 nitrogen and oxygen atoms in total. The molecule has 0 bridgehead atoms. The van der Waals surface area contributed by atoms with Crippen LogP contribution in [0.15, 0.2) is 41.1 Å². The van der Waals surface area contributed by atoms with Crippen molar-refractivity contribution in [3.63, 3.8) is 0 Å². The number of nitrogens with zero attached hydrogens (tertiary/aromatic N) is 4. The van der Waals surface area contributed by atoms with Crippen LogP contribution in [0.25, 0.3) is 17.3 Å². The van der Waals surface area contributed by atoms with Gasteiger partial charge in [-0.05, 0) is 38.2 Å². The number of likely N-dealkylation sites (N-methyl/N-ethyl adjacent to an activating group) is 1. The molecule has 0 saturated carbocycles. The molecule has 3 rings (SSSR count). The molecule has 2 heterocycles. The van der Waals surface area contributed by atoms with Crippen LogP contribution in [-0.4, -0.2) is 33.0 Å². The van der Waals surface area contributed by atoms with Crippen LogP contribution < -0.4 is 5.32 Å². The second-order valence-electron chi connectivity index (χ2n) is 5.60. The van der Waals surface area contributed by atoms with Gasteiger partial charge >= 0.3 is 6.18 Å². The Morgan fingerprint density at radius 2 is 2.04 bits per heavy atom. The van der Waals surface area contributed by atoms with E-state index in [1.807, 2.05) is 14.0 Å². The molecule has 0 aliphatic carbocycles. The van der Waals surface area contributed by atoms with E-state index in [1.165, 1.54) is 10.7 Å². The maximum absolute atomic E-state index is 12.8. The van der Waals surface area contributed by atoms with Gasteiger partial charge in [-0.15, -0.1) is 12.4 Å². The summed E-state index contributed by atoms with van der Waals surface area (Å²) in [6.07, 6.45) is -2.27. The predicted molar refractivity (Wildman–Crippen MR) is 91.3 cm³/mol. The molecular weight excluding hydrogens is 371 g/mol. The zero-order valence-electron chi connectivity index (χ0n) is 14.0. The van der Waals surface area contributed by atoms with Crippen LogP contribution in [-0.2, 0) is 12.6 Å². The van der Waals surface area contributed by atoms with Crippen molar-refractivity contribution in [1.29, 1.82) is 0 Å². The van der Waals surface area contributed by atoms with Crippen molar-refractivity contribution in [3.8, 4) is 17.3 Å². The first kappa shape index (κ1) is 19.9. The van der Waals surface area contributed by atoms with Crippen molar-refractivity contribution in [1.82, 2.24) is 25.2 Å². The molecule has 10 heteroatoms. The first-order valence-corrected chi connectivity index (χ1v) is 7.60. The van der Waals surface area contributed by atoms with E-state index in [0.29, 0.717) is 23.6 Å². The standard InChI is InChI=1S/C16H16F3N5O.ClH/c1-10(20-2)8-14-21-15(25-23-14)13-6-7-24(22-13)12-5-3-4-11(9-12)16(17,18)19;/h3-7,9-10,20H,8H2,1-2H3;1H. The van der Waals surface area contributed by atoms with Crippen LogP contribution >= 0.6 is 12.4 Å². The highest BCUT2D eigenvalue weighted by atomic mass is 35.5. The lowest BCUT2D eigenvalue weighted by Gasteiger charge is -2.08. The molecule has 0 radical (unpaired) electrons. The molecule has 1 N–H and O–H groups in total. The van der Waals surface area contributed by atoms with Crippen molar-refractivity contribution in [2.75, 3.05) is 7.05 Å². The second-order valence-corrected chi connectivity index (χ2v) is 5.60. The monoisotopic (exact) mass is 387 g/mol. The fourth-order valence-electron chi connectivity index (χ4n) is 2.22. The van der Waals surface area contributed by atoms with Gasteiger partial charge in [0, 0.05) is 18.7 Å². The summed E-state index contributed by atoms with van der Waals surface area (Å²) in [6, 6.07) is 6.72. The quantitative estimate of drug-likeness (QED) is 0.725. The molecule has 0 aliphatic rings. The summed E-state index contributed by atoms with van der Waals surface area (Å²) in [7, 11) is 1.84. The Morgan fingerprint density at radius 3 is 2.73 bits per heavy atom. The Bertz CT molecular complexity index is 861. The Hall–Kier alpha value is -2.39. The van der Waals surface area contributed by atoms with Gasteiger partial charge in [0.05, 0.1) is 11.3 Å². The summed E-state index contributed by atoms with van der Waals surface area (Å²) < 4.78 is 45.0. The fraction of sp³-hybridized carbons (Fsp3) is 0.312. The Balaban J connectivity index is 0.00000243. The van der Waals surface area contributed by atoms with Crippen molar-refractivity contribution >= 4 is 12.4 Å². The topological polar surface area (TPSA) is 68.8 Å². The molecule has 0 fully saturated rings. The third-order valence-corrected chi connectivity index (χ3v) is 3.70. The van der Waals surface area contributed by atoms with Crippen LogP contribution in [0, 0.1) is 0 Å². The molecule has 1 aromatic carbocycles. The van der Waals surface area contributed by atoms with E-state index < -0.39 is 11.7 Å².